The van der Waals surface area contributed by atoms with Crippen LogP contribution in [0.5, 0.6) is 5.75 Å². The normalized spacial score (nSPS) is 21.4. The van der Waals surface area contributed by atoms with Crippen molar-refractivity contribution in [1.29, 1.82) is 0 Å². The summed E-state index contributed by atoms with van der Waals surface area (Å²) in [5.74, 6) is -0.407. The fraction of sp³-hybridized carbons (Fsp3) is 0.412. The van der Waals surface area contributed by atoms with E-state index in [9.17, 15) is 14.3 Å². The van der Waals surface area contributed by atoms with Crippen LogP contribution in [0.25, 0.3) is 0 Å². The zero-order chi connectivity index (χ0) is 17.1. The highest BCUT2D eigenvalue weighted by molar-refractivity contribution is 7.11. The van der Waals surface area contributed by atoms with Crippen molar-refractivity contribution in [3.05, 3.63) is 46.2 Å². The summed E-state index contributed by atoms with van der Waals surface area (Å²) in [6.45, 7) is 2.70. The molecule has 2 heterocycles. The smallest absolute Gasteiger partial charge is 0.265 e. The van der Waals surface area contributed by atoms with E-state index in [4.69, 9.17) is 4.74 Å². The van der Waals surface area contributed by atoms with Crippen molar-refractivity contribution in [1.82, 2.24) is 9.88 Å². The van der Waals surface area contributed by atoms with Crippen LogP contribution in [-0.2, 0) is 0 Å². The van der Waals surface area contributed by atoms with Crippen LogP contribution in [0.15, 0.2) is 29.8 Å². The molecule has 1 aliphatic rings. The highest BCUT2D eigenvalue weighted by atomic mass is 32.1. The van der Waals surface area contributed by atoms with Crippen molar-refractivity contribution in [2.45, 2.75) is 32.0 Å². The summed E-state index contributed by atoms with van der Waals surface area (Å²) in [7, 11) is 0. The predicted octanol–water partition coefficient (Wildman–Crippen LogP) is 2.64. The molecule has 7 heteroatoms. The molecule has 0 saturated carbocycles. The molecule has 5 nitrogen and oxygen atoms in total. The zero-order valence-corrected chi connectivity index (χ0v) is 14.1. The number of nitrogens with zero attached hydrogens (tertiary/aromatic N) is 2. The summed E-state index contributed by atoms with van der Waals surface area (Å²) < 4.78 is 19.4. The number of carbonyl (C=O) groups excluding carboxylic acids is 1. The van der Waals surface area contributed by atoms with E-state index in [1.807, 2.05) is 0 Å². The van der Waals surface area contributed by atoms with E-state index in [0.717, 1.165) is 0 Å². The molecule has 128 valence electrons. The third kappa shape index (κ3) is 3.57. The van der Waals surface area contributed by atoms with Gasteiger partial charge in [-0.15, -0.1) is 11.3 Å². The van der Waals surface area contributed by atoms with E-state index in [2.05, 4.69) is 4.98 Å². The molecule has 1 aromatic heterocycles. The van der Waals surface area contributed by atoms with Crippen molar-refractivity contribution < 1.29 is 19.0 Å². The number of likely N-dealkylation sites (tertiary alicyclic amines) is 1. The number of hydrogen-bond acceptors (Lipinski definition) is 5. The number of para-hydroxylation sites is 1. The number of carbonyl (C=O) groups is 1. The first-order valence-electron chi connectivity index (χ1n) is 7.85. The summed E-state index contributed by atoms with van der Waals surface area (Å²) in [6, 6.07) is 6.13. The maximum atomic E-state index is 13.7. The third-order valence-electron chi connectivity index (χ3n) is 4.15. The summed E-state index contributed by atoms with van der Waals surface area (Å²) in [6.07, 6.45) is -0.450. The van der Waals surface area contributed by atoms with Gasteiger partial charge in [0.05, 0.1) is 17.3 Å². The number of hydrogen-bond donors (Lipinski definition) is 1. The molecule has 1 N–H and O–H groups in total. The summed E-state index contributed by atoms with van der Waals surface area (Å²) in [4.78, 5) is 19.0. The van der Waals surface area contributed by atoms with Crippen molar-refractivity contribution in [3.63, 3.8) is 0 Å². The molecule has 0 unspecified atom stereocenters. The average molecular weight is 350 g/mol. The lowest BCUT2D eigenvalue weighted by Crippen LogP contribution is -2.32. The number of aliphatic hydroxyl groups is 1. The van der Waals surface area contributed by atoms with Crippen LogP contribution in [-0.4, -0.2) is 46.2 Å². The van der Waals surface area contributed by atoms with Gasteiger partial charge in [-0.1, -0.05) is 12.1 Å². The molecule has 2 atom stereocenters. The van der Waals surface area contributed by atoms with Crippen LogP contribution in [0.1, 0.15) is 28.2 Å². The van der Waals surface area contributed by atoms with Gasteiger partial charge in [-0.05, 0) is 25.5 Å². The lowest BCUT2D eigenvalue weighted by molar-refractivity contribution is 0.0328. The Bertz CT molecular complexity index is 721. The topological polar surface area (TPSA) is 62.7 Å². The number of halogens is 1. The standard InChI is InChI=1S/C17H19FN2O3S/c1-11-16(24-10-19-11)17(22)20-8-6-13(21)15(7-9-20)23-14-5-3-2-4-12(14)18/h2-5,10,13,15,21H,6-9H2,1H3/t13-,15-/m0/s1. The average Bonchev–Trinajstić information content (AvgIpc) is 2.91. The summed E-state index contributed by atoms with van der Waals surface area (Å²) in [5, 5.41) is 10.3. The number of ether oxygens (including phenoxy) is 1. The van der Waals surface area contributed by atoms with Crippen molar-refractivity contribution in [2.24, 2.45) is 0 Å². The first-order chi connectivity index (χ1) is 11.6. The third-order valence-corrected chi connectivity index (χ3v) is 5.07. The van der Waals surface area contributed by atoms with Gasteiger partial charge in [-0.25, -0.2) is 9.37 Å². The summed E-state index contributed by atoms with van der Waals surface area (Å²) >= 11 is 1.32. The fourth-order valence-electron chi connectivity index (χ4n) is 2.76. The Morgan fingerprint density at radius 1 is 1.38 bits per heavy atom. The monoisotopic (exact) mass is 350 g/mol. The van der Waals surface area contributed by atoms with Gasteiger partial charge in [0, 0.05) is 19.5 Å². The molecule has 2 aromatic rings. The van der Waals surface area contributed by atoms with Gasteiger partial charge in [-0.2, -0.15) is 0 Å². The highest BCUT2D eigenvalue weighted by Gasteiger charge is 2.30. The second-order valence-corrected chi connectivity index (χ2v) is 6.65. The van der Waals surface area contributed by atoms with Gasteiger partial charge in [-0.3, -0.25) is 4.79 Å². The van der Waals surface area contributed by atoms with Crippen molar-refractivity contribution in [3.8, 4) is 5.75 Å². The molecule has 1 saturated heterocycles. The molecule has 1 aromatic carbocycles. The van der Waals surface area contributed by atoms with Crippen LogP contribution in [0.4, 0.5) is 4.39 Å². The number of aryl methyl sites for hydroxylation is 1. The molecular weight excluding hydrogens is 331 g/mol. The first-order valence-corrected chi connectivity index (χ1v) is 8.73. The van der Waals surface area contributed by atoms with Crippen LogP contribution in [0, 0.1) is 12.7 Å². The van der Waals surface area contributed by atoms with Gasteiger partial charge in [0.2, 0.25) is 0 Å². The number of thiazole rings is 1. The zero-order valence-electron chi connectivity index (χ0n) is 13.3. The minimum atomic E-state index is -0.745. The molecule has 0 bridgehead atoms. The van der Waals surface area contributed by atoms with Gasteiger partial charge >= 0.3 is 0 Å². The molecule has 24 heavy (non-hydrogen) atoms. The van der Waals surface area contributed by atoms with Crippen molar-refractivity contribution in [2.75, 3.05) is 13.1 Å². The molecule has 0 aliphatic carbocycles. The van der Waals surface area contributed by atoms with Crippen LogP contribution in [0.3, 0.4) is 0 Å². The maximum absolute atomic E-state index is 13.7. The molecule has 3 rings (SSSR count). The van der Waals surface area contributed by atoms with E-state index in [1.54, 1.807) is 29.5 Å². The number of aliphatic hydroxyl groups excluding tert-OH is 1. The first kappa shape index (κ1) is 16.9. The van der Waals surface area contributed by atoms with Gasteiger partial charge in [0.15, 0.2) is 11.6 Å². The van der Waals surface area contributed by atoms with Crippen LogP contribution in [0.2, 0.25) is 0 Å². The lowest BCUT2D eigenvalue weighted by Gasteiger charge is -2.22. The number of benzene rings is 1. The number of amides is 1. The lowest BCUT2D eigenvalue weighted by atomic mass is 10.1. The van der Waals surface area contributed by atoms with E-state index >= 15 is 0 Å². The predicted molar refractivity (Wildman–Crippen MR) is 88.8 cm³/mol. The minimum Gasteiger partial charge on any atom is -0.485 e. The Labute approximate surface area is 143 Å². The largest absolute Gasteiger partial charge is 0.485 e. The molecule has 1 aliphatic heterocycles. The maximum Gasteiger partial charge on any atom is 0.265 e. The van der Waals surface area contributed by atoms with Crippen molar-refractivity contribution >= 4 is 17.2 Å². The van der Waals surface area contributed by atoms with Gasteiger partial charge < -0.3 is 14.7 Å². The second kappa shape index (κ2) is 7.27. The fourth-order valence-corrected chi connectivity index (χ4v) is 3.53. The van der Waals surface area contributed by atoms with Crippen LogP contribution >= 0.6 is 11.3 Å². The molecular formula is C17H19FN2O3S. The Morgan fingerprint density at radius 3 is 2.83 bits per heavy atom. The Hall–Kier alpha value is -1.99. The second-order valence-electron chi connectivity index (χ2n) is 5.79. The van der Waals surface area contributed by atoms with Gasteiger partial charge in [0.1, 0.15) is 11.0 Å². The Kier molecular flexibility index (Phi) is 5.11. The van der Waals surface area contributed by atoms with Crippen LogP contribution < -0.4 is 4.74 Å². The molecule has 0 spiro atoms. The Balaban J connectivity index is 1.68. The van der Waals surface area contributed by atoms with E-state index in [1.165, 1.54) is 23.5 Å². The number of aromatic nitrogens is 1. The molecule has 1 fully saturated rings. The number of rotatable bonds is 3. The summed E-state index contributed by atoms with van der Waals surface area (Å²) in [5.41, 5.74) is 2.37. The quantitative estimate of drug-likeness (QED) is 0.924. The van der Waals surface area contributed by atoms with E-state index in [0.29, 0.717) is 36.5 Å². The Morgan fingerprint density at radius 2 is 2.12 bits per heavy atom. The molecule has 1 amide bonds. The van der Waals surface area contributed by atoms with E-state index < -0.39 is 18.0 Å². The molecule has 0 radical (unpaired) electrons. The van der Waals surface area contributed by atoms with Gasteiger partial charge in [0.25, 0.3) is 5.91 Å². The SMILES string of the molecule is Cc1ncsc1C(=O)N1CC[C@H](Oc2ccccc2F)[C@@H](O)CC1. The minimum absolute atomic E-state index is 0.0752. The highest BCUT2D eigenvalue weighted by Crippen LogP contribution is 2.24. The van der Waals surface area contributed by atoms with E-state index in [-0.39, 0.29) is 11.7 Å².